The third-order valence-electron chi connectivity index (χ3n) is 3.00. The molecule has 3 rings (SSSR count). The summed E-state index contributed by atoms with van der Waals surface area (Å²) in [5.74, 6) is 0. The Bertz CT molecular complexity index is 407. The number of hydrogen-bond donors (Lipinski definition) is 0. The summed E-state index contributed by atoms with van der Waals surface area (Å²) in [5.41, 5.74) is 5.97. The van der Waals surface area contributed by atoms with Gasteiger partial charge in [0.2, 0.25) is 0 Å². The van der Waals surface area contributed by atoms with E-state index in [0.717, 1.165) is 12.8 Å². The van der Waals surface area contributed by atoms with Crippen molar-refractivity contribution in [1.82, 2.24) is 0 Å². The maximum Gasteiger partial charge on any atom is -0.00201 e. The van der Waals surface area contributed by atoms with Crippen LogP contribution in [0.1, 0.15) is 90.5 Å². The molecule has 0 aliphatic heterocycles. The molecule has 0 heterocycles. The summed E-state index contributed by atoms with van der Waals surface area (Å²) in [7, 11) is 0. The number of rotatable bonds is 0. The minimum absolute atomic E-state index is 1.10. The minimum atomic E-state index is 1.10. The predicted octanol–water partition coefficient (Wildman–Crippen LogP) is 8.07. The van der Waals surface area contributed by atoms with E-state index in [9.17, 15) is 0 Å². The quantitative estimate of drug-likeness (QED) is 0.391. The van der Waals surface area contributed by atoms with Gasteiger partial charge < -0.3 is 0 Å². The summed E-state index contributed by atoms with van der Waals surface area (Å²) in [4.78, 5) is 0. The van der Waals surface area contributed by atoms with Crippen LogP contribution in [0.25, 0.3) is 0 Å². The summed E-state index contributed by atoms with van der Waals surface area (Å²) in [5, 5.41) is 0. The summed E-state index contributed by atoms with van der Waals surface area (Å²) in [6, 6.07) is 17.5. The molecule has 2 aromatic rings. The van der Waals surface area contributed by atoms with Gasteiger partial charge in [0.05, 0.1) is 0 Å². The van der Waals surface area contributed by atoms with Crippen molar-refractivity contribution in [2.24, 2.45) is 0 Å². The van der Waals surface area contributed by atoms with Gasteiger partial charge in [0, 0.05) is 0 Å². The topological polar surface area (TPSA) is 0 Å². The van der Waals surface area contributed by atoms with E-state index in [-0.39, 0.29) is 0 Å². The van der Waals surface area contributed by atoms with Gasteiger partial charge >= 0.3 is 0 Å². The van der Waals surface area contributed by atoms with Gasteiger partial charge in [-0.2, -0.15) is 0 Å². The number of benzene rings is 2. The zero-order valence-electron chi connectivity index (χ0n) is 17.4. The fraction of sp³-hybridized carbons (Fsp3) is 0.500. The Morgan fingerprint density at radius 3 is 0.833 bits per heavy atom. The first-order valence-electron chi connectivity index (χ1n) is 9.90. The highest BCUT2D eigenvalue weighted by atomic mass is 14.2. The Hall–Kier alpha value is -1.56. The van der Waals surface area contributed by atoms with E-state index < -0.39 is 0 Å². The molecule has 0 radical (unpaired) electrons. The fourth-order valence-corrected chi connectivity index (χ4v) is 2.22. The van der Waals surface area contributed by atoms with Gasteiger partial charge in [-0.15, -0.1) is 0 Å². The van der Waals surface area contributed by atoms with E-state index in [1.807, 2.05) is 27.7 Å². The molecule has 136 valence electrons. The third-order valence-corrected chi connectivity index (χ3v) is 3.00. The normalized spacial score (nSPS) is 9.67. The zero-order valence-corrected chi connectivity index (χ0v) is 17.4. The Labute approximate surface area is 152 Å². The molecule has 1 aliphatic carbocycles. The Morgan fingerprint density at radius 1 is 0.500 bits per heavy atom. The van der Waals surface area contributed by atoms with Crippen LogP contribution in [0.2, 0.25) is 0 Å². The van der Waals surface area contributed by atoms with Crippen molar-refractivity contribution in [1.29, 1.82) is 0 Å². The highest BCUT2D eigenvalue weighted by Gasteiger charge is 2.12. The van der Waals surface area contributed by atoms with Crippen molar-refractivity contribution >= 4 is 0 Å². The SMILES string of the molecule is CC.CC.CCC.CCC.c1ccc2c(c1)Cc1ccccc1C2. The van der Waals surface area contributed by atoms with E-state index in [1.165, 1.54) is 35.1 Å². The molecule has 0 amide bonds. The summed E-state index contributed by atoms with van der Waals surface area (Å²) >= 11 is 0. The summed E-state index contributed by atoms with van der Waals surface area (Å²) < 4.78 is 0. The van der Waals surface area contributed by atoms with Crippen molar-refractivity contribution in [3.63, 3.8) is 0 Å². The third kappa shape index (κ3) is 9.55. The molecule has 0 atom stereocenters. The van der Waals surface area contributed by atoms with Crippen LogP contribution in [0.5, 0.6) is 0 Å². The van der Waals surface area contributed by atoms with Crippen LogP contribution in [0.3, 0.4) is 0 Å². The lowest BCUT2D eigenvalue weighted by molar-refractivity contribution is 1.00. The molecule has 1 aliphatic rings. The Balaban J connectivity index is 0. The van der Waals surface area contributed by atoms with Crippen molar-refractivity contribution in [3.05, 3.63) is 70.8 Å². The molecule has 0 saturated carbocycles. The van der Waals surface area contributed by atoms with Crippen LogP contribution in [-0.4, -0.2) is 0 Å². The fourth-order valence-electron chi connectivity index (χ4n) is 2.22. The molecule has 24 heavy (non-hydrogen) atoms. The highest BCUT2D eigenvalue weighted by Crippen LogP contribution is 2.26. The van der Waals surface area contributed by atoms with Crippen LogP contribution < -0.4 is 0 Å². The highest BCUT2D eigenvalue weighted by molar-refractivity contribution is 5.44. The second-order valence-corrected chi connectivity index (χ2v) is 5.31. The van der Waals surface area contributed by atoms with Gasteiger partial charge in [0.1, 0.15) is 0 Å². The van der Waals surface area contributed by atoms with Gasteiger partial charge in [-0.3, -0.25) is 0 Å². The molecule has 0 spiro atoms. The van der Waals surface area contributed by atoms with E-state index in [2.05, 4.69) is 76.2 Å². The smallest absolute Gasteiger partial charge is 0.00201 e. The van der Waals surface area contributed by atoms with E-state index >= 15 is 0 Å². The average molecular weight is 329 g/mol. The largest absolute Gasteiger partial charge is 0.0683 e. The molecule has 0 nitrogen and oxygen atoms in total. The van der Waals surface area contributed by atoms with E-state index in [0.29, 0.717) is 0 Å². The van der Waals surface area contributed by atoms with Crippen LogP contribution >= 0.6 is 0 Å². The van der Waals surface area contributed by atoms with Gasteiger partial charge in [0.15, 0.2) is 0 Å². The van der Waals surface area contributed by atoms with Crippen molar-refractivity contribution in [2.45, 2.75) is 81.1 Å². The Kier molecular flexibility index (Phi) is 18.3. The zero-order chi connectivity index (χ0) is 18.8. The van der Waals surface area contributed by atoms with Crippen LogP contribution in [-0.2, 0) is 12.8 Å². The van der Waals surface area contributed by atoms with Crippen LogP contribution in [0.4, 0.5) is 0 Å². The van der Waals surface area contributed by atoms with Crippen LogP contribution in [0, 0.1) is 0 Å². The van der Waals surface area contributed by atoms with Gasteiger partial charge in [-0.1, -0.05) is 117 Å². The first-order chi connectivity index (χ1) is 11.8. The van der Waals surface area contributed by atoms with Crippen molar-refractivity contribution in [3.8, 4) is 0 Å². The standard InChI is InChI=1S/C14H12.2C3H8.2C2H6/c1-2-6-12-10-14-8-4-3-7-13(14)9-11(12)5-1;2*1-3-2;2*1-2/h1-8H,9-10H2;2*3H2,1-2H3;2*1-2H3. The monoisotopic (exact) mass is 328 g/mol. The predicted molar refractivity (Wildman–Crippen MR) is 113 cm³/mol. The lowest BCUT2D eigenvalue weighted by atomic mass is 9.86. The first kappa shape index (κ1) is 24.7. The summed E-state index contributed by atoms with van der Waals surface area (Å²) in [6.07, 6.45) is 4.71. The molecule has 0 bridgehead atoms. The molecule has 0 unspecified atom stereocenters. The van der Waals surface area contributed by atoms with Gasteiger partial charge in [-0.25, -0.2) is 0 Å². The second kappa shape index (κ2) is 17.8. The summed E-state index contributed by atoms with van der Waals surface area (Å²) in [6.45, 7) is 16.5. The number of fused-ring (bicyclic) bond motifs is 2. The minimum Gasteiger partial charge on any atom is -0.0683 e. The lowest BCUT2D eigenvalue weighted by Gasteiger charge is -2.18. The molecular weight excluding hydrogens is 288 g/mol. The maximum atomic E-state index is 2.24. The van der Waals surface area contributed by atoms with Gasteiger partial charge in [-0.05, 0) is 35.1 Å². The lowest BCUT2D eigenvalue weighted by Crippen LogP contribution is -2.06. The number of hydrogen-bond acceptors (Lipinski definition) is 0. The van der Waals surface area contributed by atoms with E-state index in [4.69, 9.17) is 0 Å². The molecule has 0 N–H and O–H groups in total. The van der Waals surface area contributed by atoms with Gasteiger partial charge in [0.25, 0.3) is 0 Å². The second-order valence-electron chi connectivity index (χ2n) is 5.31. The van der Waals surface area contributed by atoms with Crippen molar-refractivity contribution in [2.75, 3.05) is 0 Å². The maximum absolute atomic E-state index is 2.24. The molecular formula is C24H40. The van der Waals surface area contributed by atoms with E-state index in [1.54, 1.807) is 0 Å². The van der Waals surface area contributed by atoms with Crippen LogP contribution in [0.15, 0.2) is 48.5 Å². The molecule has 0 saturated heterocycles. The molecule has 0 fully saturated rings. The molecule has 2 aromatic carbocycles. The Morgan fingerprint density at radius 2 is 0.667 bits per heavy atom. The first-order valence-corrected chi connectivity index (χ1v) is 9.90. The molecule has 0 aromatic heterocycles. The molecule has 0 heteroatoms. The average Bonchev–Trinajstić information content (AvgIpc) is 2.64. The van der Waals surface area contributed by atoms with Crippen molar-refractivity contribution < 1.29 is 0 Å².